The van der Waals surface area contributed by atoms with E-state index in [0.29, 0.717) is 34.2 Å². The van der Waals surface area contributed by atoms with Crippen molar-refractivity contribution >= 4 is 40.9 Å². The van der Waals surface area contributed by atoms with Crippen LogP contribution in [0, 0.1) is 0 Å². The normalized spacial score (nSPS) is 11.3. The van der Waals surface area contributed by atoms with Crippen LogP contribution in [0.15, 0.2) is 48.5 Å². The number of methoxy groups -OCH3 is 2. The van der Waals surface area contributed by atoms with Crippen LogP contribution >= 0.6 is 11.5 Å². The van der Waals surface area contributed by atoms with Crippen LogP contribution in [0.1, 0.15) is 44.3 Å². The van der Waals surface area contributed by atoms with E-state index in [9.17, 15) is 19.2 Å². The summed E-state index contributed by atoms with van der Waals surface area (Å²) in [5.74, 6) is -2.15. The predicted octanol–water partition coefficient (Wildman–Crippen LogP) is 1.90. The molecule has 0 saturated carbocycles. The monoisotopic (exact) mass is 555 g/mol. The van der Waals surface area contributed by atoms with Gasteiger partial charge in [-0.2, -0.15) is 4.37 Å². The molecule has 0 aliphatic rings. The van der Waals surface area contributed by atoms with Gasteiger partial charge in [-0.3, -0.25) is 19.2 Å². The van der Waals surface area contributed by atoms with Gasteiger partial charge < -0.3 is 35.9 Å². The maximum absolute atomic E-state index is 14.0. The van der Waals surface area contributed by atoms with Gasteiger partial charge in [0.05, 0.1) is 26.5 Å². The number of aromatic nitrogens is 1. The summed E-state index contributed by atoms with van der Waals surface area (Å²) < 4.78 is 19.6. The SMILES string of the molecule is CCOC(=O)CNC(=O)[C@@H](c1ccc(OC)c(OC)c1)N(Cc1ccccc1)C(=O)c1snc(C(N)=O)c1N. The van der Waals surface area contributed by atoms with Crippen LogP contribution in [0.2, 0.25) is 0 Å². The van der Waals surface area contributed by atoms with Crippen molar-refractivity contribution in [2.45, 2.75) is 19.5 Å². The average Bonchev–Trinajstić information content (AvgIpc) is 3.33. The van der Waals surface area contributed by atoms with Gasteiger partial charge in [0.2, 0.25) is 5.91 Å². The molecule has 0 aliphatic carbocycles. The topological polar surface area (TPSA) is 176 Å². The van der Waals surface area contributed by atoms with Crippen molar-refractivity contribution in [3.63, 3.8) is 0 Å². The van der Waals surface area contributed by atoms with Crippen molar-refractivity contribution in [3.05, 3.63) is 70.2 Å². The van der Waals surface area contributed by atoms with Crippen molar-refractivity contribution in [1.29, 1.82) is 0 Å². The second-order valence-electron chi connectivity index (χ2n) is 8.10. The van der Waals surface area contributed by atoms with E-state index in [0.717, 1.165) is 0 Å². The molecule has 0 radical (unpaired) electrons. The number of nitrogen functional groups attached to an aromatic ring is 1. The summed E-state index contributed by atoms with van der Waals surface area (Å²) in [4.78, 5) is 52.6. The number of esters is 1. The highest BCUT2D eigenvalue weighted by Gasteiger charge is 2.35. The Hall–Kier alpha value is -4.65. The summed E-state index contributed by atoms with van der Waals surface area (Å²) >= 11 is 0.697. The zero-order valence-corrected chi connectivity index (χ0v) is 22.4. The van der Waals surface area contributed by atoms with Crippen molar-refractivity contribution in [2.75, 3.05) is 33.1 Å². The number of hydrogen-bond donors (Lipinski definition) is 3. The van der Waals surface area contributed by atoms with E-state index in [-0.39, 0.29) is 29.4 Å². The van der Waals surface area contributed by atoms with Crippen LogP contribution in [0.4, 0.5) is 5.69 Å². The number of amides is 3. The second kappa shape index (κ2) is 13.2. The van der Waals surface area contributed by atoms with Gasteiger partial charge in [0.25, 0.3) is 11.8 Å². The number of nitrogens with one attached hydrogen (secondary N) is 1. The molecule has 0 saturated heterocycles. The molecule has 3 amide bonds. The number of nitrogens with two attached hydrogens (primary N) is 2. The Kier molecular flexibility index (Phi) is 9.81. The minimum Gasteiger partial charge on any atom is -0.493 e. The Morgan fingerprint density at radius 2 is 1.74 bits per heavy atom. The van der Waals surface area contributed by atoms with Gasteiger partial charge in [0, 0.05) is 6.54 Å². The quantitative estimate of drug-likeness (QED) is 0.282. The molecular weight excluding hydrogens is 526 g/mol. The van der Waals surface area contributed by atoms with Gasteiger partial charge >= 0.3 is 5.97 Å². The Bertz CT molecular complexity index is 1350. The van der Waals surface area contributed by atoms with Crippen LogP contribution in [0.5, 0.6) is 11.5 Å². The maximum atomic E-state index is 14.0. The van der Waals surface area contributed by atoms with E-state index in [1.54, 1.807) is 49.4 Å². The molecule has 3 aromatic rings. The van der Waals surface area contributed by atoms with Gasteiger partial charge in [-0.05, 0) is 41.7 Å². The lowest BCUT2D eigenvalue weighted by atomic mass is 10.0. The third-order valence-corrected chi connectivity index (χ3v) is 6.46. The van der Waals surface area contributed by atoms with E-state index in [1.807, 2.05) is 6.07 Å². The highest BCUT2D eigenvalue weighted by Crippen LogP contribution is 2.35. The molecule has 0 bridgehead atoms. The smallest absolute Gasteiger partial charge is 0.325 e. The molecule has 1 heterocycles. The zero-order valence-electron chi connectivity index (χ0n) is 21.6. The number of benzene rings is 2. The molecule has 2 aromatic carbocycles. The van der Waals surface area contributed by atoms with E-state index in [2.05, 4.69) is 9.69 Å². The van der Waals surface area contributed by atoms with E-state index >= 15 is 0 Å². The summed E-state index contributed by atoms with van der Waals surface area (Å²) in [6, 6.07) is 12.4. The lowest BCUT2D eigenvalue weighted by Crippen LogP contribution is -2.44. The molecule has 1 aromatic heterocycles. The third-order valence-electron chi connectivity index (χ3n) is 5.61. The summed E-state index contributed by atoms with van der Waals surface area (Å²) in [7, 11) is 2.91. The van der Waals surface area contributed by atoms with E-state index in [1.165, 1.54) is 19.1 Å². The molecule has 206 valence electrons. The van der Waals surface area contributed by atoms with Gasteiger partial charge in [0.15, 0.2) is 17.2 Å². The van der Waals surface area contributed by atoms with Crippen LogP contribution in [0.3, 0.4) is 0 Å². The molecule has 39 heavy (non-hydrogen) atoms. The Morgan fingerprint density at radius 3 is 2.33 bits per heavy atom. The van der Waals surface area contributed by atoms with Crippen LogP contribution in [-0.2, 0) is 20.9 Å². The largest absolute Gasteiger partial charge is 0.493 e. The fourth-order valence-corrected chi connectivity index (χ4v) is 4.55. The summed E-state index contributed by atoms with van der Waals surface area (Å²) in [5, 5.41) is 2.55. The zero-order chi connectivity index (χ0) is 28.5. The Morgan fingerprint density at radius 1 is 1.05 bits per heavy atom. The highest BCUT2D eigenvalue weighted by atomic mass is 32.1. The molecule has 13 heteroatoms. The number of carbonyl (C=O) groups is 4. The van der Waals surface area contributed by atoms with Gasteiger partial charge in [-0.1, -0.05) is 36.4 Å². The number of nitrogens with zero attached hydrogens (tertiary/aromatic N) is 2. The number of rotatable bonds is 12. The number of primary amides is 1. The van der Waals surface area contributed by atoms with E-state index < -0.39 is 36.3 Å². The van der Waals surface area contributed by atoms with Crippen molar-refractivity contribution in [1.82, 2.24) is 14.6 Å². The predicted molar refractivity (Wildman–Crippen MR) is 143 cm³/mol. The lowest BCUT2D eigenvalue weighted by molar-refractivity contribution is -0.143. The molecule has 3 rings (SSSR count). The van der Waals surface area contributed by atoms with Crippen molar-refractivity contribution in [2.24, 2.45) is 5.73 Å². The Labute approximate surface area is 229 Å². The molecule has 0 aliphatic heterocycles. The highest BCUT2D eigenvalue weighted by molar-refractivity contribution is 7.09. The summed E-state index contributed by atoms with van der Waals surface area (Å²) in [5.41, 5.74) is 12.0. The minimum atomic E-state index is -1.27. The molecular formula is C26H29N5O7S. The van der Waals surface area contributed by atoms with Gasteiger partial charge in [-0.25, -0.2) is 0 Å². The lowest BCUT2D eigenvalue weighted by Gasteiger charge is -2.31. The van der Waals surface area contributed by atoms with E-state index in [4.69, 9.17) is 25.7 Å². The summed E-state index contributed by atoms with van der Waals surface area (Å²) in [6.45, 7) is 1.33. The fraction of sp³-hybridized carbons (Fsp3) is 0.269. The number of ether oxygens (including phenoxy) is 3. The third kappa shape index (κ3) is 6.82. The molecule has 0 fully saturated rings. The Balaban J connectivity index is 2.15. The molecule has 1 atom stereocenters. The minimum absolute atomic E-state index is 0.0330. The van der Waals surface area contributed by atoms with Crippen LogP contribution < -0.4 is 26.3 Å². The maximum Gasteiger partial charge on any atom is 0.325 e. The molecule has 0 spiro atoms. The van der Waals surface area contributed by atoms with Crippen LogP contribution in [-0.4, -0.2) is 60.3 Å². The molecule has 0 unspecified atom stereocenters. The number of anilines is 1. The number of carbonyl (C=O) groups excluding carboxylic acids is 4. The summed E-state index contributed by atoms with van der Waals surface area (Å²) in [6.07, 6.45) is 0. The average molecular weight is 556 g/mol. The fourth-order valence-electron chi connectivity index (χ4n) is 3.78. The standard InChI is InChI=1S/C26H29N5O7S/c1-4-38-19(32)13-29-25(34)22(16-10-11-17(36-2)18(12-16)37-3)31(14-15-8-6-5-7-9-15)26(35)23-20(27)21(24(28)33)30-39-23/h5-12,22H,4,13-14,27H2,1-3H3,(H2,28,33)(H,29,34)/t22-/m1/s1. The van der Waals surface area contributed by atoms with Crippen molar-refractivity contribution in [3.8, 4) is 11.5 Å². The molecule has 12 nitrogen and oxygen atoms in total. The first-order valence-corrected chi connectivity index (χ1v) is 12.5. The van der Waals surface area contributed by atoms with Gasteiger partial charge in [-0.15, -0.1) is 0 Å². The van der Waals surface area contributed by atoms with Crippen LogP contribution in [0.25, 0.3) is 0 Å². The first-order chi connectivity index (χ1) is 18.7. The van der Waals surface area contributed by atoms with Gasteiger partial charge in [0.1, 0.15) is 17.5 Å². The van der Waals surface area contributed by atoms with Crippen molar-refractivity contribution < 1.29 is 33.4 Å². The molecule has 5 N–H and O–H groups in total. The second-order valence-corrected chi connectivity index (χ2v) is 8.87. The number of hydrogen-bond acceptors (Lipinski definition) is 10. The first kappa shape index (κ1) is 28.9. The first-order valence-electron chi connectivity index (χ1n) is 11.8.